The van der Waals surface area contributed by atoms with Crippen LogP contribution in [-0.2, 0) is 5.41 Å². The van der Waals surface area contributed by atoms with Gasteiger partial charge in [-0.25, -0.2) is 0 Å². The van der Waals surface area contributed by atoms with Gasteiger partial charge in [0.1, 0.15) is 0 Å². The van der Waals surface area contributed by atoms with Gasteiger partial charge in [-0.15, -0.1) is 0 Å². The maximum absolute atomic E-state index is 9.12. The van der Waals surface area contributed by atoms with Crippen molar-refractivity contribution in [2.24, 2.45) is 0 Å². The maximum atomic E-state index is 9.12. The first-order chi connectivity index (χ1) is 17.6. The molecule has 0 fully saturated rings. The molecule has 4 aromatic rings. The molecule has 2 aliphatic rings. The van der Waals surface area contributed by atoms with Crippen molar-refractivity contribution in [1.29, 1.82) is 5.26 Å². The normalized spacial score (nSPS) is 14.8. The van der Waals surface area contributed by atoms with Gasteiger partial charge in [-0.05, 0) is 74.7 Å². The number of rotatable bonds is 3. The molecule has 170 valence electrons. The van der Waals surface area contributed by atoms with Gasteiger partial charge in [-0.1, -0.05) is 116 Å². The van der Waals surface area contributed by atoms with Crippen LogP contribution in [0.25, 0.3) is 23.3 Å². The van der Waals surface area contributed by atoms with E-state index in [0.717, 1.165) is 11.1 Å². The van der Waals surface area contributed by atoms with E-state index in [0.29, 0.717) is 5.56 Å². The molecule has 4 aromatic carbocycles. The van der Waals surface area contributed by atoms with Crippen molar-refractivity contribution in [2.45, 2.75) is 12.3 Å². The Morgan fingerprint density at radius 1 is 0.750 bits per heavy atom. The van der Waals surface area contributed by atoms with Gasteiger partial charge >= 0.3 is 0 Å². The number of benzene rings is 4. The highest BCUT2D eigenvalue weighted by atomic mass is 14.5. The van der Waals surface area contributed by atoms with Crippen molar-refractivity contribution >= 4 is 23.3 Å². The van der Waals surface area contributed by atoms with E-state index in [1.165, 1.54) is 44.5 Å². The summed E-state index contributed by atoms with van der Waals surface area (Å²) < 4.78 is 0. The summed E-state index contributed by atoms with van der Waals surface area (Å²) in [5.41, 5.74) is 12.4. The molecule has 0 atom stereocenters. The second kappa shape index (κ2) is 8.52. The van der Waals surface area contributed by atoms with E-state index in [1.54, 1.807) is 0 Å². The minimum atomic E-state index is -0.372. The Morgan fingerprint density at radius 3 is 1.92 bits per heavy atom. The van der Waals surface area contributed by atoms with Crippen molar-refractivity contribution in [3.05, 3.63) is 166 Å². The monoisotopic (exact) mass is 459 g/mol. The van der Waals surface area contributed by atoms with Crippen LogP contribution >= 0.6 is 0 Å². The van der Waals surface area contributed by atoms with Gasteiger partial charge in [0.2, 0.25) is 0 Å². The Bertz CT molecular complexity index is 1600. The average Bonchev–Trinajstić information content (AvgIpc) is 3.08. The fraction of sp³-hybridized carbons (Fsp3) is 0.0571. The third kappa shape index (κ3) is 3.16. The lowest BCUT2D eigenvalue weighted by atomic mass is 9.65. The van der Waals surface area contributed by atoms with Crippen LogP contribution < -0.4 is 0 Å². The number of hydrogen-bond acceptors (Lipinski definition) is 1. The summed E-state index contributed by atoms with van der Waals surface area (Å²) in [4.78, 5) is 0. The molecule has 0 bridgehead atoms. The Hall–Kier alpha value is -4.67. The summed E-state index contributed by atoms with van der Waals surface area (Å²) in [7, 11) is 0. The molecule has 0 radical (unpaired) electrons. The molecule has 1 nitrogen and oxygen atoms in total. The molecule has 6 rings (SSSR count). The smallest absolute Gasteiger partial charge is 0.0991 e. The number of allylic oxidation sites excluding steroid dienone is 5. The second-order valence-electron chi connectivity index (χ2n) is 9.39. The molecule has 1 spiro atoms. The SMILES string of the molecule is C=C(/C=C\C1=C(C)C2(c3ccccc3C=Cc3ccccc32)c2ccccc21)c1ccc(C#N)cc1. The highest BCUT2D eigenvalue weighted by Crippen LogP contribution is 2.57. The third-order valence-electron chi connectivity index (χ3n) is 7.60. The Kier molecular flexibility index (Phi) is 5.17. The van der Waals surface area contributed by atoms with E-state index in [4.69, 9.17) is 5.26 Å². The van der Waals surface area contributed by atoms with Gasteiger partial charge in [-0.3, -0.25) is 0 Å². The Morgan fingerprint density at radius 2 is 1.31 bits per heavy atom. The first-order valence-electron chi connectivity index (χ1n) is 12.2. The molecular weight excluding hydrogens is 434 g/mol. The quantitative estimate of drug-likeness (QED) is 0.282. The fourth-order valence-corrected chi connectivity index (χ4v) is 5.89. The lowest BCUT2D eigenvalue weighted by molar-refractivity contribution is 0.741. The highest BCUT2D eigenvalue weighted by Gasteiger charge is 2.47. The number of fused-ring (bicyclic) bond motifs is 6. The first-order valence-corrected chi connectivity index (χ1v) is 12.2. The van der Waals surface area contributed by atoms with Crippen molar-refractivity contribution < 1.29 is 0 Å². The van der Waals surface area contributed by atoms with Crippen LogP contribution in [0, 0.1) is 11.3 Å². The van der Waals surface area contributed by atoms with Crippen LogP contribution in [0.4, 0.5) is 0 Å². The van der Waals surface area contributed by atoms with Gasteiger partial charge in [0.15, 0.2) is 0 Å². The van der Waals surface area contributed by atoms with Crippen molar-refractivity contribution in [3.63, 3.8) is 0 Å². The van der Waals surface area contributed by atoms with Crippen LogP contribution in [0.1, 0.15) is 51.4 Å². The van der Waals surface area contributed by atoms with Crippen LogP contribution in [-0.4, -0.2) is 0 Å². The van der Waals surface area contributed by atoms with Crippen molar-refractivity contribution in [2.75, 3.05) is 0 Å². The summed E-state index contributed by atoms with van der Waals surface area (Å²) in [6.07, 6.45) is 8.81. The van der Waals surface area contributed by atoms with E-state index in [-0.39, 0.29) is 5.41 Å². The molecule has 0 aliphatic heterocycles. The summed E-state index contributed by atoms with van der Waals surface area (Å²) in [5.74, 6) is 0. The zero-order valence-electron chi connectivity index (χ0n) is 20.2. The Balaban J connectivity index is 1.58. The summed E-state index contributed by atoms with van der Waals surface area (Å²) in [6.45, 7) is 6.59. The topological polar surface area (TPSA) is 23.8 Å². The maximum Gasteiger partial charge on any atom is 0.0991 e. The van der Waals surface area contributed by atoms with Gasteiger partial charge < -0.3 is 0 Å². The molecule has 0 heterocycles. The summed E-state index contributed by atoms with van der Waals surface area (Å²) in [5, 5.41) is 9.12. The zero-order chi connectivity index (χ0) is 24.7. The van der Waals surface area contributed by atoms with Crippen LogP contribution in [0.5, 0.6) is 0 Å². The minimum absolute atomic E-state index is 0.372. The third-order valence-corrected chi connectivity index (χ3v) is 7.60. The summed E-state index contributed by atoms with van der Waals surface area (Å²) >= 11 is 0. The molecule has 36 heavy (non-hydrogen) atoms. The van der Waals surface area contributed by atoms with E-state index >= 15 is 0 Å². The van der Waals surface area contributed by atoms with Gasteiger partial charge in [0.05, 0.1) is 17.0 Å². The second-order valence-corrected chi connectivity index (χ2v) is 9.39. The molecule has 0 unspecified atom stereocenters. The van der Waals surface area contributed by atoms with Gasteiger partial charge in [0.25, 0.3) is 0 Å². The van der Waals surface area contributed by atoms with E-state index in [2.05, 4.69) is 117 Å². The first kappa shape index (κ1) is 21.8. The predicted octanol–water partition coefficient (Wildman–Crippen LogP) is 8.43. The largest absolute Gasteiger partial charge is 0.192 e. The van der Waals surface area contributed by atoms with Crippen molar-refractivity contribution in [1.82, 2.24) is 0 Å². The summed E-state index contributed by atoms with van der Waals surface area (Å²) in [6, 6.07) is 36.1. The minimum Gasteiger partial charge on any atom is -0.192 e. The van der Waals surface area contributed by atoms with E-state index < -0.39 is 0 Å². The molecule has 0 saturated heterocycles. The lowest BCUT2D eigenvalue weighted by Gasteiger charge is -2.36. The zero-order valence-corrected chi connectivity index (χ0v) is 20.2. The Labute approximate surface area is 212 Å². The fourth-order valence-electron chi connectivity index (χ4n) is 5.89. The predicted molar refractivity (Wildman–Crippen MR) is 150 cm³/mol. The van der Waals surface area contributed by atoms with E-state index in [1.807, 2.05) is 24.3 Å². The van der Waals surface area contributed by atoms with E-state index in [9.17, 15) is 0 Å². The molecule has 1 heteroatoms. The number of nitriles is 1. The van der Waals surface area contributed by atoms with Crippen LogP contribution in [0.2, 0.25) is 0 Å². The van der Waals surface area contributed by atoms with Crippen LogP contribution in [0.3, 0.4) is 0 Å². The van der Waals surface area contributed by atoms with Crippen LogP contribution in [0.15, 0.2) is 121 Å². The molecule has 0 aromatic heterocycles. The molecule has 0 N–H and O–H groups in total. The van der Waals surface area contributed by atoms with Crippen molar-refractivity contribution in [3.8, 4) is 6.07 Å². The molecule has 0 saturated carbocycles. The number of nitrogens with zero attached hydrogens (tertiary/aromatic N) is 1. The van der Waals surface area contributed by atoms with Gasteiger partial charge in [-0.2, -0.15) is 5.26 Å². The molecular formula is C35H25N. The molecule has 0 amide bonds. The average molecular weight is 460 g/mol. The standard InChI is InChI=1S/C35H25N/c1-24(27-18-16-26(23-36)17-19-27)15-22-30-25(2)35(34-14-8-5-11-31(30)34)32-12-6-3-9-28(32)20-21-29-10-4-7-13-33(29)35/h3-22H,1H2,2H3/b22-15-. The lowest BCUT2D eigenvalue weighted by Crippen LogP contribution is -2.30. The van der Waals surface area contributed by atoms with Gasteiger partial charge in [0, 0.05) is 0 Å². The molecule has 2 aliphatic carbocycles. The number of hydrogen-bond donors (Lipinski definition) is 0. The highest BCUT2D eigenvalue weighted by molar-refractivity contribution is 5.94.